The number of nitrogens with one attached hydrogen (secondary N) is 1. The molecular weight excluding hydrogens is 254 g/mol. The Balaban J connectivity index is 2.22. The van der Waals surface area contributed by atoms with Gasteiger partial charge >= 0.3 is 5.97 Å². The lowest BCUT2D eigenvalue weighted by molar-refractivity contribution is -0.144. The van der Waals surface area contributed by atoms with Crippen LogP contribution in [0.4, 0.5) is 0 Å². The number of carbonyl (C=O) groups is 1. The molecule has 0 fully saturated rings. The minimum Gasteiger partial charge on any atom is -0.508 e. The van der Waals surface area contributed by atoms with Gasteiger partial charge in [-0.1, -0.05) is 19.9 Å². The summed E-state index contributed by atoms with van der Waals surface area (Å²) in [5, 5.41) is 13.1. The molecule has 0 saturated heterocycles. The van der Waals surface area contributed by atoms with Crippen LogP contribution in [0.3, 0.4) is 0 Å². The van der Waals surface area contributed by atoms with E-state index < -0.39 is 0 Å². The van der Waals surface area contributed by atoms with Gasteiger partial charge in [-0.3, -0.25) is 10.1 Å². The van der Waals surface area contributed by atoms with E-state index >= 15 is 0 Å². The average molecular weight is 277 g/mol. The molecule has 0 aromatic heterocycles. The summed E-state index contributed by atoms with van der Waals surface area (Å²) in [7, 11) is 1.42. The number of hydrogen-bond donors (Lipinski definition) is 2. The predicted molar refractivity (Wildman–Crippen MR) is 77.6 cm³/mol. The largest absolute Gasteiger partial charge is 0.508 e. The molecule has 1 aromatic rings. The maximum Gasteiger partial charge on any atom is 0.323 e. The average Bonchev–Trinajstić information content (AvgIpc) is 2.43. The van der Waals surface area contributed by atoms with Crippen molar-refractivity contribution in [2.24, 2.45) is 5.92 Å². The molecule has 1 aliphatic rings. The molecule has 1 unspecified atom stereocenters. The number of aromatic hydroxyl groups is 1. The topological polar surface area (TPSA) is 58.6 Å². The highest BCUT2D eigenvalue weighted by Gasteiger charge is 2.29. The molecule has 0 bridgehead atoms. The van der Waals surface area contributed by atoms with Crippen LogP contribution in [-0.4, -0.2) is 24.2 Å². The van der Waals surface area contributed by atoms with E-state index in [1.165, 1.54) is 12.7 Å². The first kappa shape index (κ1) is 14.9. The zero-order valence-corrected chi connectivity index (χ0v) is 12.3. The SMILES string of the molecule is COC(=O)[C@@H](NC1CCCc2ccc(O)cc21)C(C)C. The third-order valence-electron chi connectivity index (χ3n) is 3.95. The van der Waals surface area contributed by atoms with Crippen molar-refractivity contribution in [3.8, 4) is 5.75 Å². The van der Waals surface area contributed by atoms with Crippen LogP contribution in [-0.2, 0) is 16.0 Å². The summed E-state index contributed by atoms with van der Waals surface area (Å²) in [5.41, 5.74) is 2.35. The quantitative estimate of drug-likeness (QED) is 0.830. The summed E-state index contributed by atoms with van der Waals surface area (Å²) in [6.45, 7) is 4.00. The molecule has 0 spiro atoms. The van der Waals surface area contributed by atoms with Crippen LogP contribution in [0.25, 0.3) is 0 Å². The van der Waals surface area contributed by atoms with Gasteiger partial charge in [0.15, 0.2) is 0 Å². The Morgan fingerprint density at radius 2 is 2.20 bits per heavy atom. The number of benzene rings is 1. The smallest absolute Gasteiger partial charge is 0.323 e. The first-order valence-corrected chi connectivity index (χ1v) is 7.18. The normalized spacial score (nSPS) is 19.5. The molecule has 110 valence electrons. The first-order valence-electron chi connectivity index (χ1n) is 7.18. The number of esters is 1. The Hall–Kier alpha value is -1.55. The van der Waals surface area contributed by atoms with Gasteiger partial charge in [-0.05, 0) is 48.4 Å². The lowest BCUT2D eigenvalue weighted by Crippen LogP contribution is -2.44. The van der Waals surface area contributed by atoms with Gasteiger partial charge in [0, 0.05) is 6.04 Å². The van der Waals surface area contributed by atoms with Crippen molar-refractivity contribution < 1.29 is 14.6 Å². The molecule has 1 aromatic carbocycles. The van der Waals surface area contributed by atoms with Gasteiger partial charge in [0.1, 0.15) is 11.8 Å². The van der Waals surface area contributed by atoms with Crippen LogP contribution < -0.4 is 5.32 Å². The van der Waals surface area contributed by atoms with E-state index in [4.69, 9.17) is 4.74 Å². The van der Waals surface area contributed by atoms with E-state index in [-0.39, 0.29) is 29.7 Å². The molecule has 2 atom stereocenters. The van der Waals surface area contributed by atoms with E-state index in [1.807, 2.05) is 19.9 Å². The van der Waals surface area contributed by atoms with E-state index in [1.54, 1.807) is 12.1 Å². The molecular formula is C16H23NO3. The fraction of sp³-hybridized carbons (Fsp3) is 0.562. The number of rotatable bonds is 4. The molecule has 2 rings (SSSR count). The third kappa shape index (κ3) is 3.12. The van der Waals surface area contributed by atoms with Crippen LogP contribution in [0.1, 0.15) is 43.9 Å². The van der Waals surface area contributed by atoms with Crippen molar-refractivity contribution >= 4 is 5.97 Å². The highest BCUT2D eigenvalue weighted by Crippen LogP contribution is 2.32. The summed E-state index contributed by atoms with van der Waals surface area (Å²) < 4.78 is 4.88. The van der Waals surface area contributed by atoms with Crippen LogP contribution in [0, 0.1) is 5.92 Å². The van der Waals surface area contributed by atoms with Gasteiger partial charge in [0.05, 0.1) is 7.11 Å². The number of carbonyl (C=O) groups excluding carboxylic acids is 1. The van der Waals surface area contributed by atoms with Crippen molar-refractivity contribution in [1.29, 1.82) is 0 Å². The molecule has 20 heavy (non-hydrogen) atoms. The van der Waals surface area contributed by atoms with Crippen molar-refractivity contribution in [1.82, 2.24) is 5.32 Å². The summed E-state index contributed by atoms with van der Waals surface area (Å²) in [6, 6.07) is 5.28. The Morgan fingerprint density at radius 1 is 1.45 bits per heavy atom. The molecule has 2 N–H and O–H groups in total. The second-order valence-electron chi connectivity index (χ2n) is 5.74. The van der Waals surface area contributed by atoms with Gasteiger partial charge in [0.2, 0.25) is 0 Å². The van der Waals surface area contributed by atoms with E-state index in [0.717, 1.165) is 24.8 Å². The fourth-order valence-electron chi connectivity index (χ4n) is 2.84. The van der Waals surface area contributed by atoms with E-state index in [2.05, 4.69) is 5.32 Å². The van der Waals surface area contributed by atoms with Crippen LogP contribution >= 0.6 is 0 Å². The molecule has 0 amide bonds. The van der Waals surface area contributed by atoms with Crippen LogP contribution in [0.5, 0.6) is 5.75 Å². The number of fused-ring (bicyclic) bond motifs is 1. The molecule has 4 heteroatoms. The summed E-state index contributed by atoms with van der Waals surface area (Å²) >= 11 is 0. The lowest BCUT2D eigenvalue weighted by Gasteiger charge is -2.31. The molecule has 0 saturated carbocycles. The maximum atomic E-state index is 11.9. The van der Waals surface area contributed by atoms with Crippen molar-refractivity contribution in [3.05, 3.63) is 29.3 Å². The van der Waals surface area contributed by atoms with Gasteiger partial charge in [-0.25, -0.2) is 0 Å². The Labute approximate surface area is 120 Å². The van der Waals surface area contributed by atoms with Gasteiger partial charge in [-0.15, -0.1) is 0 Å². The number of hydrogen-bond acceptors (Lipinski definition) is 4. The van der Waals surface area contributed by atoms with E-state index in [0.29, 0.717) is 0 Å². The molecule has 0 radical (unpaired) electrons. The highest BCUT2D eigenvalue weighted by atomic mass is 16.5. The number of methoxy groups -OCH3 is 1. The van der Waals surface area contributed by atoms with Crippen LogP contribution in [0.15, 0.2) is 18.2 Å². The van der Waals surface area contributed by atoms with Gasteiger partial charge in [-0.2, -0.15) is 0 Å². The summed E-state index contributed by atoms with van der Waals surface area (Å²) in [4.78, 5) is 11.9. The summed E-state index contributed by atoms with van der Waals surface area (Å²) in [5.74, 6) is 0.203. The zero-order valence-electron chi connectivity index (χ0n) is 12.3. The maximum absolute atomic E-state index is 11.9. The van der Waals surface area contributed by atoms with E-state index in [9.17, 15) is 9.90 Å². The third-order valence-corrected chi connectivity index (χ3v) is 3.95. The second kappa shape index (κ2) is 6.27. The number of phenols is 1. The molecule has 1 aliphatic carbocycles. The predicted octanol–water partition coefficient (Wildman–Crippen LogP) is 2.56. The second-order valence-corrected chi connectivity index (χ2v) is 5.74. The molecule has 0 aliphatic heterocycles. The van der Waals surface area contributed by atoms with Crippen molar-refractivity contribution in [3.63, 3.8) is 0 Å². The minimum absolute atomic E-state index is 0.0948. The monoisotopic (exact) mass is 277 g/mol. The number of phenolic OH excluding ortho intramolecular Hbond substituents is 1. The zero-order chi connectivity index (χ0) is 14.7. The van der Waals surface area contributed by atoms with Crippen molar-refractivity contribution in [2.75, 3.05) is 7.11 Å². The summed E-state index contributed by atoms with van der Waals surface area (Å²) in [6.07, 6.45) is 3.08. The molecule has 0 heterocycles. The Kier molecular flexibility index (Phi) is 4.65. The Morgan fingerprint density at radius 3 is 2.85 bits per heavy atom. The van der Waals surface area contributed by atoms with Gasteiger partial charge in [0.25, 0.3) is 0 Å². The highest BCUT2D eigenvalue weighted by molar-refractivity contribution is 5.76. The number of ether oxygens (including phenoxy) is 1. The molecule has 4 nitrogen and oxygen atoms in total. The van der Waals surface area contributed by atoms with Crippen molar-refractivity contribution in [2.45, 2.75) is 45.2 Å². The van der Waals surface area contributed by atoms with Crippen LogP contribution in [0.2, 0.25) is 0 Å². The number of aryl methyl sites for hydroxylation is 1. The first-order chi connectivity index (χ1) is 9.52. The Bertz CT molecular complexity index is 485. The minimum atomic E-state index is -0.321. The standard InChI is InChI=1S/C16H23NO3/c1-10(2)15(16(19)20-3)17-14-6-4-5-11-7-8-12(18)9-13(11)14/h7-10,14-15,17-18H,4-6H2,1-3H3/t14?,15-/m0/s1. The van der Waals surface area contributed by atoms with Gasteiger partial charge < -0.3 is 9.84 Å². The fourth-order valence-corrected chi connectivity index (χ4v) is 2.84. The lowest BCUT2D eigenvalue weighted by atomic mass is 9.86.